The highest BCUT2D eigenvalue weighted by Crippen LogP contribution is 2.40. The maximum absolute atomic E-state index is 10.8. The number of aryl methyl sites for hydroxylation is 1. The minimum absolute atomic E-state index is 0.128. The van der Waals surface area contributed by atoms with Crippen LogP contribution in [0.3, 0.4) is 0 Å². The van der Waals surface area contributed by atoms with Crippen LogP contribution in [-0.4, -0.2) is 10.1 Å². The number of nitrogens with zero attached hydrogens (tertiary/aromatic N) is 2. The number of hydrogen-bond donors (Lipinski definition) is 2. The molecule has 4 aromatic rings. The molecule has 4 heteroatoms. The van der Waals surface area contributed by atoms with Crippen molar-refractivity contribution in [3.63, 3.8) is 0 Å². The van der Waals surface area contributed by atoms with Gasteiger partial charge in [-0.1, -0.05) is 54.6 Å². The summed E-state index contributed by atoms with van der Waals surface area (Å²) in [7, 11) is 0. The van der Waals surface area contributed by atoms with Crippen molar-refractivity contribution in [2.24, 2.45) is 9.98 Å². The Morgan fingerprint density at radius 3 is 2.19 bits per heavy atom. The second-order valence-corrected chi connectivity index (χ2v) is 6.62. The van der Waals surface area contributed by atoms with E-state index in [2.05, 4.69) is 18.0 Å². The highest BCUT2D eigenvalue weighted by molar-refractivity contribution is 6.00. The molecule has 130 valence electrons. The van der Waals surface area contributed by atoms with Gasteiger partial charge in [0.05, 0.1) is 16.3 Å². The molecule has 0 saturated carbocycles. The fraction of sp³-hybridized carbons (Fsp3) is 0.0435. The molecule has 0 unspecified atom stereocenters. The molecular weight excluding hydrogens is 334 g/mol. The van der Waals surface area contributed by atoms with Crippen molar-refractivity contribution < 1.29 is 5.11 Å². The lowest BCUT2D eigenvalue weighted by Gasteiger charge is -2.12. The van der Waals surface area contributed by atoms with E-state index in [4.69, 9.17) is 9.98 Å². The second kappa shape index (κ2) is 5.95. The van der Waals surface area contributed by atoms with E-state index in [1.807, 2.05) is 66.7 Å². The Balaban J connectivity index is 1.92. The van der Waals surface area contributed by atoms with Gasteiger partial charge in [-0.3, -0.25) is 0 Å². The van der Waals surface area contributed by atoms with Gasteiger partial charge in [0.15, 0.2) is 11.7 Å². The number of benzene rings is 3. The average Bonchev–Trinajstić information content (AvgIpc) is 3.25. The van der Waals surface area contributed by atoms with Crippen LogP contribution in [0.4, 0.5) is 0 Å². The monoisotopic (exact) mass is 351 g/mol. The Labute approximate surface area is 155 Å². The number of nitrogens with one attached hydrogen (secondary N) is 1. The molecule has 0 amide bonds. The molecule has 0 aliphatic carbocycles. The van der Waals surface area contributed by atoms with Gasteiger partial charge in [0.2, 0.25) is 0 Å². The number of hydrogen-bond acceptors (Lipinski definition) is 3. The smallest absolute Gasteiger partial charge is 0.197 e. The zero-order valence-corrected chi connectivity index (χ0v) is 14.8. The molecule has 0 saturated heterocycles. The van der Waals surface area contributed by atoms with Gasteiger partial charge in [0, 0.05) is 16.5 Å². The van der Waals surface area contributed by atoms with E-state index >= 15 is 0 Å². The van der Waals surface area contributed by atoms with Gasteiger partial charge in [-0.2, -0.15) is 0 Å². The van der Waals surface area contributed by atoms with Crippen LogP contribution in [0.1, 0.15) is 16.7 Å². The van der Waals surface area contributed by atoms with Crippen molar-refractivity contribution >= 4 is 16.5 Å². The van der Waals surface area contributed by atoms with E-state index in [9.17, 15) is 5.11 Å². The van der Waals surface area contributed by atoms with E-state index in [-0.39, 0.29) is 5.88 Å². The molecule has 1 aliphatic heterocycles. The van der Waals surface area contributed by atoms with Crippen molar-refractivity contribution in [3.05, 3.63) is 106 Å². The number of rotatable bonds is 2. The third-order valence-electron chi connectivity index (χ3n) is 4.91. The molecule has 3 aromatic carbocycles. The largest absolute Gasteiger partial charge is 0.494 e. The molecule has 4 nitrogen and oxygen atoms in total. The van der Waals surface area contributed by atoms with Crippen molar-refractivity contribution in [3.8, 4) is 5.88 Å². The fourth-order valence-corrected chi connectivity index (χ4v) is 3.62. The van der Waals surface area contributed by atoms with Crippen LogP contribution in [0.2, 0.25) is 0 Å². The van der Waals surface area contributed by atoms with Gasteiger partial charge in [0.25, 0.3) is 0 Å². The predicted molar refractivity (Wildman–Crippen MR) is 106 cm³/mol. The van der Waals surface area contributed by atoms with Crippen molar-refractivity contribution in [2.45, 2.75) is 6.92 Å². The summed E-state index contributed by atoms with van der Waals surface area (Å²) in [6.07, 6.45) is 0. The number of fused-ring (bicyclic) bond motifs is 2. The Morgan fingerprint density at radius 2 is 1.44 bits per heavy atom. The molecule has 1 aromatic heterocycles. The van der Waals surface area contributed by atoms with E-state index in [1.165, 1.54) is 0 Å². The summed E-state index contributed by atoms with van der Waals surface area (Å²) in [6, 6.07) is 23.8. The molecule has 1 aliphatic rings. The summed E-state index contributed by atoms with van der Waals surface area (Å²) in [6.45, 7) is 2.06. The number of para-hydroxylation sites is 3. The van der Waals surface area contributed by atoms with Crippen molar-refractivity contribution in [1.82, 2.24) is 4.98 Å². The molecule has 0 bridgehead atoms. The maximum atomic E-state index is 10.8. The van der Waals surface area contributed by atoms with Gasteiger partial charge < -0.3 is 10.1 Å². The van der Waals surface area contributed by atoms with Gasteiger partial charge >= 0.3 is 0 Å². The maximum Gasteiger partial charge on any atom is 0.197 e. The molecule has 0 atom stereocenters. The zero-order valence-electron chi connectivity index (χ0n) is 14.8. The first-order chi connectivity index (χ1) is 13.2. The third-order valence-corrected chi connectivity index (χ3v) is 4.91. The SMILES string of the molecule is Cc1ccccc1C(=C1N=c2ccccc2=N1)c1c(O)[nH]c2ccccc12. The summed E-state index contributed by atoms with van der Waals surface area (Å²) in [5.74, 6) is 0.744. The minimum Gasteiger partial charge on any atom is -0.494 e. The number of aromatic hydroxyl groups is 1. The summed E-state index contributed by atoms with van der Waals surface area (Å²) in [5, 5.41) is 13.4. The van der Waals surface area contributed by atoms with Gasteiger partial charge in [-0.15, -0.1) is 0 Å². The minimum atomic E-state index is 0.128. The van der Waals surface area contributed by atoms with E-state index in [0.717, 1.165) is 43.9 Å². The summed E-state index contributed by atoms with van der Waals surface area (Å²) in [4.78, 5) is 12.6. The quantitative estimate of drug-likeness (QED) is 0.566. The van der Waals surface area contributed by atoms with Gasteiger partial charge in [-0.05, 0) is 36.2 Å². The van der Waals surface area contributed by atoms with Crippen molar-refractivity contribution in [1.29, 1.82) is 0 Å². The third kappa shape index (κ3) is 2.46. The first kappa shape index (κ1) is 15.6. The predicted octanol–water partition coefficient (Wildman–Crippen LogP) is 3.85. The van der Waals surface area contributed by atoms with Crippen LogP contribution in [-0.2, 0) is 0 Å². The Morgan fingerprint density at radius 1 is 0.815 bits per heavy atom. The lowest BCUT2D eigenvalue weighted by molar-refractivity contribution is 0.457. The molecule has 0 spiro atoms. The van der Waals surface area contributed by atoms with Gasteiger partial charge in [0.1, 0.15) is 0 Å². The lowest BCUT2D eigenvalue weighted by atomic mass is 9.93. The number of aromatic nitrogens is 1. The molecule has 0 fully saturated rings. The summed E-state index contributed by atoms with van der Waals surface area (Å²) in [5.41, 5.74) is 4.56. The number of aromatic amines is 1. The van der Waals surface area contributed by atoms with Crippen LogP contribution in [0.5, 0.6) is 5.88 Å². The fourth-order valence-electron chi connectivity index (χ4n) is 3.62. The summed E-state index contributed by atoms with van der Waals surface area (Å²) >= 11 is 0. The highest BCUT2D eigenvalue weighted by atomic mass is 16.3. The van der Waals surface area contributed by atoms with Crippen LogP contribution in [0.25, 0.3) is 16.5 Å². The standard InChI is InChI=1S/C23H17N3O/c1-14-8-2-3-9-15(14)20(22-24-18-12-6-7-13-19(18)25-22)21-16-10-4-5-11-17(16)26-23(21)27/h2-13,26-27H,1H3. The topological polar surface area (TPSA) is 60.7 Å². The molecule has 27 heavy (non-hydrogen) atoms. The Kier molecular flexibility index (Phi) is 3.44. The first-order valence-electron chi connectivity index (χ1n) is 8.85. The molecular formula is C23H17N3O. The van der Waals surface area contributed by atoms with Crippen molar-refractivity contribution in [2.75, 3.05) is 0 Å². The molecule has 2 heterocycles. The lowest BCUT2D eigenvalue weighted by Crippen LogP contribution is -2.19. The van der Waals surface area contributed by atoms with Gasteiger partial charge in [-0.25, -0.2) is 9.98 Å². The van der Waals surface area contributed by atoms with E-state index in [0.29, 0.717) is 5.82 Å². The average molecular weight is 351 g/mol. The second-order valence-electron chi connectivity index (χ2n) is 6.62. The van der Waals surface area contributed by atoms with Crippen LogP contribution in [0.15, 0.2) is 88.6 Å². The number of H-pyrrole nitrogens is 1. The van der Waals surface area contributed by atoms with E-state index < -0.39 is 0 Å². The van der Waals surface area contributed by atoms with Crippen LogP contribution < -0.4 is 10.7 Å². The summed E-state index contributed by atoms with van der Waals surface area (Å²) < 4.78 is 0. The van der Waals surface area contributed by atoms with Crippen LogP contribution in [0, 0.1) is 6.92 Å². The zero-order chi connectivity index (χ0) is 18.4. The normalized spacial score (nSPS) is 12.6. The molecule has 5 rings (SSSR count). The first-order valence-corrected chi connectivity index (χ1v) is 8.85. The highest BCUT2D eigenvalue weighted by Gasteiger charge is 2.22. The van der Waals surface area contributed by atoms with E-state index in [1.54, 1.807) is 0 Å². The van der Waals surface area contributed by atoms with Crippen LogP contribution >= 0.6 is 0 Å². The Bertz CT molecular complexity index is 1310. The molecule has 2 N–H and O–H groups in total. The molecule has 0 radical (unpaired) electrons. The Hall–Kier alpha value is -3.66.